The lowest BCUT2D eigenvalue weighted by Gasteiger charge is -2.15. The molecule has 0 aliphatic carbocycles. The van der Waals surface area contributed by atoms with E-state index in [9.17, 15) is 0 Å². The maximum atomic E-state index is 6.61. The Morgan fingerprint density at radius 2 is 1.69 bits per heavy atom. The number of nitrogens with zero attached hydrogens (tertiary/aromatic N) is 1. The van der Waals surface area contributed by atoms with Gasteiger partial charge in [-0.15, -0.1) is 0 Å². The number of furan rings is 1. The van der Waals surface area contributed by atoms with Gasteiger partial charge in [0.1, 0.15) is 11.2 Å². The minimum atomic E-state index is 0.598. The van der Waals surface area contributed by atoms with E-state index in [1.807, 2.05) is 42.5 Å². The van der Waals surface area contributed by atoms with Crippen molar-refractivity contribution in [1.82, 2.24) is 4.68 Å². The summed E-state index contributed by atoms with van der Waals surface area (Å²) in [6.45, 7) is 4.27. The second-order valence-electron chi connectivity index (χ2n) is 8.78. The summed E-state index contributed by atoms with van der Waals surface area (Å²) in [5.74, 6) is 6.61. The topological polar surface area (TPSA) is 70.1 Å². The summed E-state index contributed by atoms with van der Waals surface area (Å²) in [5.41, 5.74) is 14.9. The summed E-state index contributed by atoms with van der Waals surface area (Å²) >= 11 is 1.71. The van der Waals surface area contributed by atoms with Crippen molar-refractivity contribution in [2.24, 2.45) is 0 Å². The van der Waals surface area contributed by atoms with E-state index in [-0.39, 0.29) is 0 Å². The minimum Gasteiger partial charge on any atom is -0.456 e. The summed E-state index contributed by atoms with van der Waals surface area (Å²) in [6.07, 6.45) is 6.12. The molecule has 0 amide bonds. The molecule has 3 heterocycles. The molecule has 6 aromatic rings. The average molecular weight is 472 g/mol. The van der Waals surface area contributed by atoms with Gasteiger partial charge >= 0.3 is 0 Å². The van der Waals surface area contributed by atoms with Crippen molar-refractivity contribution in [1.29, 1.82) is 0 Å². The van der Waals surface area contributed by atoms with Gasteiger partial charge in [0.05, 0.1) is 16.7 Å². The Morgan fingerprint density at radius 1 is 0.829 bits per heavy atom. The molecule has 4 aromatic carbocycles. The van der Waals surface area contributed by atoms with Crippen molar-refractivity contribution < 1.29 is 4.42 Å². The molecule has 0 radical (unpaired) electrons. The van der Waals surface area contributed by atoms with Crippen LogP contribution in [0.1, 0.15) is 5.56 Å². The lowest BCUT2D eigenvalue weighted by molar-refractivity contribution is 0.669. The lowest BCUT2D eigenvalue weighted by Crippen LogP contribution is -2.08. The van der Waals surface area contributed by atoms with E-state index in [0.717, 1.165) is 66.0 Å². The first-order valence-electron chi connectivity index (χ1n) is 11.4. The highest BCUT2D eigenvalue weighted by Gasteiger charge is 2.21. The second-order valence-corrected chi connectivity index (χ2v) is 9.69. The maximum Gasteiger partial charge on any atom is 0.138 e. The molecule has 35 heavy (non-hydrogen) atoms. The number of anilines is 1. The predicted molar refractivity (Wildman–Crippen MR) is 150 cm³/mol. The molecule has 4 nitrogen and oxygen atoms in total. The number of hydrogen-bond donors (Lipinski definition) is 2. The van der Waals surface area contributed by atoms with E-state index in [1.54, 1.807) is 16.4 Å². The standard InChI is InChI=1S/C30H21N3OS/c1-17-7-4-5-14-35-30-19(17)9-6-10-20(30)18-12-13-24-22(15-18)28-27-21-8-2-3-11-25(21)34-26(27)16-23(31)29(28)33(24)32/h2-16H,1,31-32H2/b7-4-,14-5-. The van der Waals surface area contributed by atoms with Gasteiger partial charge in [0.2, 0.25) is 0 Å². The van der Waals surface area contributed by atoms with Crippen molar-refractivity contribution in [3.8, 4) is 11.1 Å². The molecular weight excluding hydrogens is 450 g/mol. The number of para-hydroxylation sites is 1. The molecule has 0 unspecified atom stereocenters. The molecule has 2 aromatic heterocycles. The van der Waals surface area contributed by atoms with Gasteiger partial charge in [-0.25, -0.2) is 0 Å². The monoisotopic (exact) mass is 471 g/mol. The van der Waals surface area contributed by atoms with Crippen molar-refractivity contribution in [3.63, 3.8) is 0 Å². The van der Waals surface area contributed by atoms with Crippen LogP contribution >= 0.6 is 11.8 Å². The van der Waals surface area contributed by atoms with Crippen molar-refractivity contribution in [2.45, 2.75) is 4.90 Å². The molecule has 0 spiro atoms. The Bertz CT molecular complexity index is 1920. The lowest BCUT2D eigenvalue weighted by atomic mass is 9.97. The Morgan fingerprint density at radius 3 is 2.60 bits per heavy atom. The third-order valence-electron chi connectivity index (χ3n) is 6.78. The summed E-state index contributed by atoms with van der Waals surface area (Å²) in [6, 6.07) is 22.8. The maximum absolute atomic E-state index is 6.61. The fraction of sp³-hybridized carbons (Fsp3) is 0. The van der Waals surface area contributed by atoms with Crippen LogP contribution in [-0.4, -0.2) is 4.68 Å². The van der Waals surface area contributed by atoms with Crippen LogP contribution in [-0.2, 0) is 0 Å². The van der Waals surface area contributed by atoms with Gasteiger partial charge < -0.3 is 16.0 Å². The van der Waals surface area contributed by atoms with Crippen molar-refractivity contribution in [3.05, 3.63) is 103 Å². The zero-order valence-electron chi connectivity index (χ0n) is 18.8. The Balaban J connectivity index is 1.59. The Kier molecular flexibility index (Phi) is 4.20. The van der Waals surface area contributed by atoms with Gasteiger partial charge in [-0.1, -0.05) is 79.0 Å². The predicted octanol–water partition coefficient (Wildman–Crippen LogP) is 7.85. The van der Waals surface area contributed by atoms with E-state index < -0.39 is 0 Å². The molecule has 4 N–H and O–H groups in total. The number of aromatic nitrogens is 1. The third kappa shape index (κ3) is 2.82. The smallest absolute Gasteiger partial charge is 0.138 e. The molecule has 5 heteroatoms. The number of fused-ring (bicyclic) bond motifs is 8. The molecule has 168 valence electrons. The van der Waals surface area contributed by atoms with Crippen LogP contribution < -0.4 is 11.6 Å². The van der Waals surface area contributed by atoms with Crippen LogP contribution in [0.3, 0.4) is 0 Å². The summed E-state index contributed by atoms with van der Waals surface area (Å²) in [4.78, 5) is 1.19. The normalized spacial score (nSPS) is 15.5. The molecule has 1 aliphatic rings. The molecule has 0 atom stereocenters. The van der Waals surface area contributed by atoms with Crippen LogP contribution in [0.2, 0.25) is 0 Å². The van der Waals surface area contributed by atoms with Crippen molar-refractivity contribution in [2.75, 3.05) is 11.6 Å². The van der Waals surface area contributed by atoms with Crippen LogP contribution in [0, 0.1) is 0 Å². The highest BCUT2D eigenvalue weighted by molar-refractivity contribution is 8.02. The molecule has 0 saturated carbocycles. The van der Waals surface area contributed by atoms with Crippen LogP contribution in [0.15, 0.2) is 106 Å². The number of allylic oxidation sites excluding steroid dienone is 4. The zero-order valence-corrected chi connectivity index (χ0v) is 19.6. The number of nitrogen functional groups attached to an aromatic ring is 2. The zero-order chi connectivity index (χ0) is 23.7. The first-order chi connectivity index (χ1) is 17.1. The average Bonchev–Trinajstić information content (AvgIpc) is 3.37. The fourth-order valence-electron chi connectivity index (χ4n) is 5.21. The number of benzene rings is 4. The summed E-state index contributed by atoms with van der Waals surface area (Å²) in [7, 11) is 0. The molecular formula is C30H21N3OS. The molecule has 0 saturated heterocycles. The fourth-order valence-corrected chi connectivity index (χ4v) is 6.16. The van der Waals surface area contributed by atoms with Gasteiger partial charge in [0.15, 0.2) is 0 Å². The van der Waals surface area contributed by atoms with Crippen LogP contribution in [0.4, 0.5) is 5.69 Å². The first kappa shape index (κ1) is 20.1. The Labute approximate surface area is 205 Å². The number of thioether (sulfide) groups is 1. The van der Waals surface area contributed by atoms with Crippen molar-refractivity contribution >= 4 is 66.8 Å². The summed E-state index contributed by atoms with van der Waals surface area (Å²) in [5, 5.41) is 6.26. The molecule has 0 bridgehead atoms. The van der Waals surface area contributed by atoms with Gasteiger partial charge in [0, 0.05) is 32.5 Å². The molecule has 1 aliphatic heterocycles. The number of rotatable bonds is 1. The van der Waals surface area contributed by atoms with E-state index in [1.165, 1.54) is 4.90 Å². The van der Waals surface area contributed by atoms with Gasteiger partial charge in [0.25, 0.3) is 0 Å². The van der Waals surface area contributed by atoms with Crippen LogP contribution in [0.5, 0.6) is 0 Å². The largest absolute Gasteiger partial charge is 0.456 e. The minimum absolute atomic E-state index is 0.598. The Hall–Kier alpha value is -4.35. The van der Waals surface area contributed by atoms with Gasteiger partial charge in [-0.3, -0.25) is 4.68 Å². The quantitative estimate of drug-likeness (QED) is 0.189. The van der Waals surface area contributed by atoms with Gasteiger partial charge in [-0.05, 0) is 45.9 Å². The van der Waals surface area contributed by atoms with Crippen LogP contribution in [0.25, 0.3) is 60.4 Å². The highest BCUT2D eigenvalue weighted by Crippen LogP contribution is 2.44. The highest BCUT2D eigenvalue weighted by atomic mass is 32.2. The van der Waals surface area contributed by atoms with Gasteiger partial charge in [-0.2, -0.15) is 0 Å². The van der Waals surface area contributed by atoms with E-state index >= 15 is 0 Å². The number of hydrogen-bond acceptors (Lipinski definition) is 4. The third-order valence-corrected chi connectivity index (χ3v) is 7.75. The first-order valence-corrected chi connectivity index (χ1v) is 12.3. The number of nitrogens with two attached hydrogens (primary N) is 2. The van der Waals surface area contributed by atoms with E-state index in [0.29, 0.717) is 5.69 Å². The summed E-state index contributed by atoms with van der Waals surface area (Å²) < 4.78 is 7.87. The molecule has 7 rings (SSSR count). The van der Waals surface area contributed by atoms with E-state index in [4.69, 9.17) is 16.0 Å². The molecule has 0 fully saturated rings. The second kappa shape index (κ2) is 7.32. The van der Waals surface area contributed by atoms with E-state index in [2.05, 4.69) is 54.5 Å². The SMILES string of the molecule is C=C1/C=C\C=C/Sc2c1cccc2-c1ccc2c(c1)c1c3c(cc(N)c1n2N)oc1ccccc13.